The van der Waals surface area contributed by atoms with Crippen molar-refractivity contribution in [1.29, 1.82) is 0 Å². The second kappa shape index (κ2) is 5.93. The summed E-state index contributed by atoms with van der Waals surface area (Å²) in [7, 11) is 1.93. The molecule has 1 N–H and O–H groups in total. The molecule has 0 fully saturated rings. The lowest BCUT2D eigenvalue weighted by Gasteiger charge is -2.13. The first-order chi connectivity index (χ1) is 10.3. The number of likely N-dealkylation sites (N-methyl/N-ethyl adjacent to an activating group) is 1. The first-order valence-electron chi connectivity index (χ1n) is 6.87. The molecular weight excluding hydrogens is 266 g/mol. The van der Waals surface area contributed by atoms with Crippen molar-refractivity contribution in [3.63, 3.8) is 0 Å². The number of rotatable bonds is 5. The number of aryl methyl sites for hydroxylation is 1. The van der Waals surface area contributed by atoms with Gasteiger partial charge >= 0.3 is 0 Å². The Hall–Kier alpha value is -2.40. The van der Waals surface area contributed by atoms with Gasteiger partial charge in [0.25, 0.3) is 0 Å². The molecule has 0 aliphatic rings. The summed E-state index contributed by atoms with van der Waals surface area (Å²) in [6.07, 6.45) is 2.27. The first kappa shape index (κ1) is 13.6. The molecule has 3 aromatic rings. The summed E-state index contributed by atoms with van der Waals surface area (Å²) in [4.78, 5) is 4.45. The molecule has 1 aromatic carbocycles. The van der Waals surface area contributed by atoms with E-state index in [4.69, 9.17) is 8.94 Å². The second-order valence-corrected chi connectivity index (χ2v) is 4.86. The Balaban J connectivity index is 1.79. The standard InChI is InChI=1S/C16H17N3O2/c1-11-13(8-9-20-11)16-18-15(21-19-16)10-14(17-2)12-6-4-3-5-7-12/h3-9,14,17H,10H2,1-2H3. The van der Waals surface area contributed by atoms with E-state index in [1.807, 2.05) is 38.2 Å². The molecule has 2 aromatic heterocycles. The number of hydrogen-bond donors (Lipinski definition) is 1. The predicted octanol–water partition coefficient (Wildman–Crippen LogP) is 3.14. The minimum absolute atomic E-state index is 0.143. The second-order valence-electron chi connectivity index (χ2n) is 4.86. The van der Waals surface area contributed by atoms with Crippen LogP contribution < -0.4 is 5.32 Å². The van der Waals surface area contributed by atoms with E-state index in [0.717, 1.165) is 11.3 Å². The molecule has 3 rings (SSSR count). The van der Waals surface area contributed by atoms with Gasteiger partial charge < -0.3 is 14.3 Å². The van der Waals surface area contributed by atoms with E-state index < -0.39 is 0 Å². The summed E-state index contributed by atoms with van der Waals surface area (Å²) in [5, 5.41) is 7.30. The molecule has 0 spiro atoms. The SMILES string of the molecule is CNC(Cc1nc(-c2ccoc2C)no1)c1ccccc1. The highest BCUT2D eigenvalue weighted by atomic mass is 16.5. The Morgan fingerprint density at radius 1 is 1.19 bits per heavy atom. The molecule has 0 amide bonds. The van der Waals surface area contributed by atoms with Gasteiger partial charge in [-0.3, -0.25) is 0 Å². The fraction of sp³-hybridized carbons (Fsp3) is 0.250. The maximum Gasteiger partial charge on any atom is 0.228 e. The zero-order valence-electron chi connectivity index (χ0n) is 12.0. The molecule has 0 radical (unpaired) electrons. The molecule has 0 bridgehead atoms. The smallest absolute Gasteiger partial charge is 0.228 e. The van der Waals surface area contributed by atoms with Crippen LogP contribution in [0, 0.1) is 6.92 Å². The van der Waals surface area contributed by atoms with Crippen LogP contribution >= 0.6 is 0 Å². The van der Waals surface area contributed by atoms with Crippen LogP contribution in [0.1, 0.15) is 23.3 Å². The predicted molar refractivity (Wildman–Crippen MR) is 78.7 cm³/mol. The summed E-state index contributed by atoms with van der Waals surface area (Å²) >= 11 is 0. The van der Waals surface area contributed by atoms with Crippen molar-refractivity contribution < 1.29 is 8.94 Å². The lowest BCUT2D eigenvalue weighted by atomic mass is 10.0. The van der Waals surface area contributed by atoms with Crippen LogP contribution in [0.2, 0.25) is 0 Å². The number of aromatic nitrogens is 2. The average molecular weight is 283 g/mol. The fourth-order valence-corrected chi connectivity index (χ4v) is 2.31. The highest BCUT2D eigenvalue weighted by molar-refractivity contribution is 5.56. The van der Waals surface area contributed by atoms with E-state index in [1.165, 1.54) is 5.56 Å². The van der Waals surface area contributed by atoms with Gasteiger partial charge in [0.2, 0.25) is 11.7 Å². The van der Waals surface area contributed by atoms with Crippen LogP contribution in [0.4, 0.5) is 0 Å². The van der Waals surface area contributed by atoms with Gasteiger partial charge in [-0.1, -0.05) is 35.5 Å². The quantitative estimate of drug-likeness (QED) is 0.779. The Kier molecular flexibility index (Phi) is 3.83. The number of hydrogen-bond acceptors (Lipinski definition) is 5. The van der Waals surface area contributed by atoms with Gasteiger partial charge in [-0.2, -0.15) is 4.98 Å². The van der Waals surface area contributed by atoms with Crippen LogP contribution in [0.5, 0.6) is 0 Å². The van der Waals surface area contributed by atoms with Crippen molar-refractivity contribution in [1.82, 2.24) is 15.5 Å². The Bertz CT molecular complexity index is 703. The van der Waals surface area contributed by atoms with Gasteiger partial charge in [-0.05, 0) is 25.6 Å². The Labute approximate surface area is 123 Å². The van der Waals surface area contributed by atoms with Gasteiger partial charge in [0.1, 0.15) is 5.76 Å². The van der Waals surface area contributed by atoms with E-state index in [-0.39, 0.29) is 6.04 Å². The highest BCUT2D eigenvalue weighted by Crippen LogP contribution is 2.23. The summed E-state index contributed by atoms with van der Waals surface area (Å²) in [5.74, 6) is 1.96. The maximum absolute atomic E-state index is 5.35. The van der Waals surface area contributed by atoms with Crippen molar-refractivity contribution >= 4 is 0 Å². The summed E-state index contributed by atoms with van der Waals surface area (Å²) in [6, 6.07) is 12.2. The first-order valence-corrected chi connectivity index (χ1v) is 6.87. The van der Waals surface area contributed by atoms with Gasteiger partial charge in [-0.25, -0.2) is 0 Å². The molecule has 0 saturated heterocycles. The van der Waals surface area contributed by atoms with Crippen molar-refractivity contribution in [3.05, 3.63) is 59.9 Å². The lowest BCUT2D eigenvalue weighted by Crippen LogP contribution is -2.18. The van der Waals surface area contributed by atoms with Gasteiger partial charge in [0.05, 0.1) is 11.8 Å². The van der Waals surface area contributed by atoms with Crippen LogP contribution in [0.15, 0.2) is 51.6 Å². The average Bonchev–Trinajstić information content (AvgIpc) is 3.14. The number of nitrogens with one attached hydrogen (secondary N) is 1. The molecule has 2 heterocycles. The molecule has 21 heavy (non-hydrogen) atoms. The zero-order chi connectivity index (χ0) is 14.7. The van der Waals surface area contributed by atoms with Crippen molar-refractivity contribution in [2.24, 2.45) is 0 Å². The van der Waals surface area contributed by atoms with Gasteiger partial charge in [0, 0.05) is 12.5 Å². The summed E-state index contributed by atoms with van der Waals surface area (Å²) in [6.45, 7) is 1.88. The topological polar surface area (TPSA) is 64.1 Å². The lowest BCUT2D eigenvalue weighted by molar-refractivity contribution is 0.363. The summed E-state index contributed by atoms with van der Waals surface area (Å²) in [5.41, 5.74) is 2.06. The minimum Gasteiger partial charge on any atom is -0.469 e. The molecule has 1 unspecified atom stereocenters. The number of benzene rings is 1. The molecule has 0 aliphatic carbocycles. The van der Waals surface area contributed by atoms with Crippen LogP contribution in [0.25, 0.3) is 11.4 Å². The highest BCUT2D eigenvalue weighted by Gasteiger charge is 2.17. The van der Waals surface area contributed by atoms with E-state index in [0.29, 0.717) is 18.1 Å². The largest absolute Gasteiger partial charge is 0.469 e. The van der Waals surface area contributed by atoms with Gasteiger partial charge in [-0.15, -0.1) is 0 Å². The van der Waals surface area contributed by atoms with Gasteiger partial charge in [0.15, 0.2) is 0 Å². The van der Waals surface area contributed by atoms with Crippen molar-refractivity contribution in [2.75, 3.05) is 7.05 Å². The molecule has 0 saturated carbocycles. The third-order valence-electron chi connectivity index (χ3n) is 3.50. The maximum atomic E-state index is 5.35. The molecule has 5 nitrogen and oxygen atoms in total. The third-order valence-corrected chi connectivity index (χ3v) is 3.50. The molecule has 0 aliphatic heterocycles. The Morgan fingerprint density at radius 3 is 2.67 bits per heavy atom. The number of nitrogens with zero attached hydrogens (tertiary/aromatic N) is 2. The van der Waals surface area contributed by atoms with Crippen LogP contribution in [-0.2, 0) is 6.42 Å². The fourth-order valence-electron chi connectivity index (χ4n) is 2.31. The minimum atomic E-state index is 0.143. The normalized spacial score (nSPS) is 12.5. The molecule has 108 valence electrons. The van der Waals surface area contributed by atoms with E-state index in [9.17, 15) is 0 Å². The molecular formula is C16H17N3O2. The zero-order valence-corrected chi connectivity index (χ0v) is 12.0. The number of furan rings is 1. The molecule has 5 heteroatoms. The van der Waals surface area contributed by atoms with Crippen LogP contribution in [-0.4, -0.2) is 17.2 Å². The van der Waals surface area contributed by atoms with Crippen molar-refractivity contribution in [2.45, 2.75) is 19.4 Å². The summed E-state index contributed by atoms with van der Waals surface area (Å²) < 4.78 is 10.6. The van der Waals surface area contributed by atoms with Crippen LogP contribution in [0.3, 0.4) is 0 Å². The van der Waals surface area contributed by atoms with E-state index in [1.54, 1.807) is 6.26 Å². The third kappa shape index (κ3) is 2.87. The van der Waals surface area contributed by atoms with E-state index in [2.05, 4.69) is 27.6 Å². The van der Waals surface area contributed by atoms with E-state index >= 15 is 0 Å². The Morgan fingerprint density at radius 2 is 2.00 bits per heavy atom. The molecule has 1 atom stereocenters. The van der Waals surface area contributed by atoms with Crippen molar-refractivity contribution in [3.8, 4) is 11.4 Å². The monoisotopic (exact) mass is 283 g/mol.